The summed E-state index contributed by atoms with van der Waals surface area (Å²) in [6, 6.07) is 12.9. The predicted octanol–water partition coefficient (Wildman–Crippen LogP) is 4.27. The number of amides is 3. The van der Waals surface area contributed by atoms with Crippen LogP contribution in [0.25, 0.3) is 0 Å². The van der Waals surface area contributed by atoms with E-state index < -0.39 is 12.2 Å². The molecule has 7 heteroatoms. The Morgan fingerprint density at radius 2 is 1.79 bits per heavy atom. The number of nitrogens with one attached hydrogen (secondary N) is 2. The summed E-state index contributed by atoms with van der Waals surface area (Å²) in [5, 5.41) is 5.46. The van der Waals surface area contributed by atoms with Crippen LogP contribution in [0, 0.1) is 5.82 Å². The van der Waals surface area contributed by atoms with Crippen molar-refractivity contribution < 1.29 is 18.7 Å². The zero-order chi connectivity index (χ0) is 20.3. The van der Waals surface area contributed by atoms with Gasteiger partial charge in [0, 0.05) is 11.4 Å². The van der Waals surface area contributed by atoms with Gasteiger partial charge in [0.15, 0.2) is 0 Å². The Bertz CT molecular complexity index is 845. The third kappa shape index (κ3) is 4.79. The Labute approximate surface area is 163 Å². The third-order valence-electron chi connectivity index (χ3n) is 4.51. The fraction of sp³-hybridized carbons (Fsp3) is 0.333. The summed E-state index contributed by atoms with van der Waals surface area (Å²) in [4.78, 5) is 25.5. The largest absolute Gasteiger partial charge is 0.442 e. The van der Waals surface area contributed by atoms with Gasteiger partial charge in [0.05, 0.1) is 13.1 Å². The van der Waals surface area contributed by atoms with Crippen LogP contribution in [-0.4, -0.2) is 31.3 Å². The lowest BCUT2D eigenvalue weighted by atomic mass is 9.87. The van der Waals surface area contributed by atoms with Crippen LogP contribution in [0.4, 0.5) is 25.4 Å². The number of carbonyl (C=O) groups excluding carboxylic acids is 2. The minimum absolute atomic E-state index is 0.0452. The molecule has 3 rings (SSSR count). The summed E-state index contributed by atoms with van der Waals surface area (Å²) in [5.41, 5.74) is 2.46. The maximum absolute atomic E-state index is 13.0. The van der Waals surface area contributed by atoms with E-state index >= 15 is 0 Å². The molecule has 1 heterocycles. The lowest BCUT2D eigenvalue weighted by Crippen LogP contribution is -2.37. The molecule has 1 aliphatic rings. The van der Waals surface area contributed by atoms with E-state index in [0.29, 0.717) is 11.4 Å². The van der Waals surface area contributed by atoms with Gasteiger partial charge >= 0.3 is 12.1 Å². The number of anilines is 2. The number of hydrogen-bond acceptors (Lipinski definition) is 3. The SMILES string of the molecule is CC(C)(C)c1ccc(NC(=O)NCC2CN(c3ccc(F)cc3)C(=O)O2)cc1. The van der Waals surface area contributed by atoms with Crippen molar-refractivity contribution in [2.45, 2.75) is 32.3 Å². The molecule has 0 aromatic heterocycles. The maximum Gasteiger partial charge on any atom is 0.414 e. The van der Waals surface area contributed by atoms with Gasteiger partial charge in [0.1, 0.15) is 11.9 Å². The van der Waals surface area contributed by atoms with Crippen LogP contribution in [0.2, 0.25) is 0 Å². The molecule has 2 aromatic rings. The van der Waals surface area contributed by atoms with Gasteiger partial charge in [-0.3, -0.25) is 4.90 Å². The van der Waals surface area contributed by atoms with Crippen LogP contribution in [0.5, 0.6) is 0 Å². The molecule has 0 bridgehead atoms. The van der Waals surface area contributed by atoms with E-state index in [1.54, 1.807) is 0 Å². The first kappa shape index (κ1) is 19.7. The average molecular weight is 385 g/mol. The van der Waals surface area contributed by atoms with E-state index in [0.717, 1.165) is 0 Å². The molecule has 0 spiro atoms. The molecule has 1 unspecified atom stereocenters. The monoisotopic (exact) mass is 385 g/mol. The van der Waals surface area contributed by atoms with Crippen LogP contribution in [0.15, 0.2) is 48.5 Å². The van der Waals surface area contributed by atoms with E-state index in [2.05, 4.69) is 31.4 Å². The topological polar surface area (TPSA) is 70.7 Å². The number of halogens is 1. The van der Waals surface area contributed by atoms with Gasteiger partial charge in [-0.25, -0.2) is 14.0 Å². The molecular formula is C21H24FN3O3. The predicted molar refractivity (Wildman–Crippen MR) is 106 cm³/mol. The van der Waals surface area contributed by atoms with Crippen LogP contribution in [0.1, 0.15) is 26.3 Å². The maximum atomic E-state index is 13.0. The molecule has 6 nitrogen and oxygen atoms in total. The minimum Gasteiger partial charge on any atom is -0.442 e. The second-order valence-corrected chi connectivity index (χ2v) is 7.76. The number of benzene rings is 2. The highest BCUT2D eigenvalue weighted by Gasteiger charge is 2.32. The summed E-state index contributed by atoms with van der Waals surface area (Å²) in [6.45, 7) is 6.83. The molecule has 148 valence electrons. The van der Waals surface area contributed by atoms with Crippen molar-refractivity contribution in [2.75, 3.05) is 23.3 Å². The molecule has 1 atom stereocenters. The summed E-state index contributed by atoms with van der Waals surface area (Å²) < 4.78 is 18.3. The van der Waals surface area contributed by atoms with Crippen molar-refractivity contribution in [3.63, 3.8) is 0 Å². The fourth-order valence-corrected chi connectivity index (χ4v) is 2.90. The molecule has 0 radical (unpaired) electrons. The normalized spacial score (nSPS) is 16.6. The van der Waals surface area contributed by atoms with Gasteiger partial charge in [-0.15, -0.1) is 0 Å². The number of hydrogen-bond donors (Lipinski definition) is 2. The Kier molecular flexibility index (Phi) is 5.53. The fourth-order valence-electron chi connectivity index (χ4n) is 2.90. The van der Waals surface area contributed by atoms with E-state index in [9.17, 15) is 14.0 Å². The molecule has 2 aromatic carbocycles. The average Bonchev–Trinajstić information content (AvgIpc) is 3.01. The Hall–Kier alpha value is -3.09. The molecule has 3 amide bonds. The minimum atomic E-state index is -0.517. The van der Waals surface area contributed by atoms with Crippen LogP contribution in [0.3, 0.4) is 0 Å². The molecule has 1 fully saturated rings. The highest BCUT2D eigenvalue weighted by molar-refractivity contribution is 5.90. The van der Waals surface area contributed by atoms with Crippen molar-refractivity contribution in [3.8, 4) is 0 Å². The van der Waals surface area contributed by atoms with Gasteiger partial charge in [-0.2, -0.15) is 0 Å². The third-order valence-corrected chi connectivity index (χ3v) is 4.51. The van der Waals surface area contributed by atoms with Crippen molar-refractivity contribution in [1.29, 1.82) is 0 Å². The summed E-state index contributed by atoms with van der Waals surface area (Å²) >= 11 is 0. The molecular weight excluding hydrogens is 361 g/mol. The molecule has 0 saturated carbocycles. The van der Waals surface area contributed by atoms with E-state index in [-0.39, 0.29) is 30.4 Å². The second kappa shape index (κ2) is 7.88. The Morgan fingerprint density at radius 1 is 1.14 bits per heavy atom. The van der Waals surface area contributed by atoms with E-state index in [4.69, 9.17) is 4.74 Å². The zero-order valence-electron chi connectivity index (χ0n) is 16.2. The van der Waals surface area contributed by atoms with E-state index in [1.807, 2.05) is 24.3 Å². The second-order valence-electron chi connectivity index (χ2n) is 7.76. The molecule has 1 saturated heterocycles. The number of cyclic esters (lactones) is 1. The van der Waals surface area contributed by atoms with Gasteiger partial charge in [-0.1, -0.05) is 32.9 Å². The van der Waals surface area contributed by atoms with Crippen LogP contribution < -0.4 is 15.5 Å². The lowest BCUT2D eigenvalue weighted by Gasteiger charge is -2.19. The number of carbonyl (C=O) groups is 2. The highest BCUT2D eigenvalue weighted by atomic mass is 19.1. The first-order valence-corrected chi connectivity index (χ1v) is 9.11. The lowest BCUT2D eigenvalue weighted by molar-refractivity contribution is 0.141. The van der Waals surface area contributed by atoms with Gasteiger partial charge in [0.2, 0.25) is 0 Å². The van der Waals surface area contributed by atoms with Gasteiger partial charge in [-0.05, 0) is 47.4 Å². The van der Waals surface area contributed by atoms with Gasteiger partial charge in [0.25, 0.3) is 0 Å². The summed E-state index contributed by atoms with van der Waals surface area (Å²) in [5.74, 6) is -0.373. The number of rotatable bonds is 4. The number of ether oxygens (including phenoxy) is 1. The smallest absolute Gasteiger partial charge is 0.414 e. The zero-order valence-corrected chi connectivity index (χ0v) is 16.2. The Balaban J connectivity index is 1.50. The highest BCUT2D eigenvalue weighted by Crippen LogP contribution is 2.24. The number of urea groups is 1. The Morgan fingerprint density at radius 3 is 2.39 bits per heavy atom. The molecule has 28 heavy (non-hydrogen) atoms. The summed E-state index contributed by atoms with van der Waals surface area (Å²) in [6.07, 6.45) is -0.997. The van der Waals surface area contributed by atoms with Crippen LogP contribution in [-0.2, 0) is 10.2 Å². The first-order chi connectivity index (χ1) is 13.2. The standard InChI is InChI=1S/C21H24FN3O3/c1-21(2,3)14-4-8-16(9-5-14)24-19(26)23-12-18-13-25(20(27)28-18)17-10-6-15(22)7-11-17/h4-11,18H,12-13H2,1-3H3,(H2,23,24,26). The van der Waals surface area contributed by atoms with Crippen molar-refractivity contribution >= 4 is 23.5 Å². The van der Waals surface area contributed by atoms with E-state index in [1.165, 1.54) is 34.7 Å². The quantitative estimate of drug-likeness (QED) is 0.826. The van der Waals surface area contributed by atoms with Crippen molar-refractivity contribution in [2.24, 2.45) is 0 Å². The molecule has 0 aliphatic carbocycles. The molecule has 1 aliphatic heterocycles. The van der Waals surface area contributed by atoms with Crippen LogP contribution >= 0.6 is 0 Å². The number of nitrogens with zero attached hydrogens (tertiary/aromatic N) is 1. The summed E-state index contributed by atoms with van der Waals surface area (Å²) in [7, 11) is 0. The van der Waals surface area contributed by atoms with Crippen molar-refractivity contribution in [3.05, 3.63) is 59.9 Å². The first-order valence-electron chi connectivity index (χ1n) is 9.11. The van der Waals surface area contributed by atoms with Gasteiger partial charge < -0.3 is 15.4 Å². The van der Waals surface area contributed by atoms with Crippen molar-refractivity contribution in [1.82, 2.24) is 5.32 Å². The molecule has 2 N–H and O–H groups in total.